The molecule has 31 heavy (non-hydrogen) atoms. The van der Waals surface area contributed by atoms with Crippen LogP contribution in [0.5, 0.6) is 0 Å². The van der Waals surface area contributed by atoms with Crippen molar-refractivity contribution in [2.45, 2.75) is 19.3 Å². The van der Waals surface area contributed by atoms with Gasteiger partial charge in [-0.25, -0.2) is 9.97 Å². The molecule has 0 saturated carbocycles. The first-order chi connectivity index (χ1) is 14.6. The molecule has 160 valence electrons. The number of anilines is 3. The lowest BCUT2D eigenvalue weighted by Crippen LogP contribution is -2.30. The molecule has 3 heterocycles. The number of para-hydroxylation sites is 1. The Labute approximate surface area is 188 Å². The van der Waals surface area contributed by atoms with E-state index in [1.807, 2.05) is 37.4 Å². The Kier molecular flexibility index (Phi) is 5.74. The molecule has 1 aliphatic rings. The van der Waals surface area contributed by atoms with Crippen molar-refractivity contribution >= 4 is 40.4 Å². The van der Waals surface area contributed by atoms with Crippen LogP contribution in [-0.2, 0) is 7.05 Å². The van der Waals surface area contributed by atoms with Crippen LogP contribution in [0.25, 0.3) is 33.5 Å². The van der Waals surface area contributed by atoms with Crippen LogP contribution >= 0.6 is 12.4 Å². The van der Waals surface area contributed by atoms with Gasteiger partial charge >= 0.3 is 0 Å². The Balaban J connectivity index is 0.00000231. The number of fused-ring (bicyclic) bond motifs is 1. The lowest BCUT2D eigenvalue weighted by molar-refractivity contribution is 0.578. The molecule has 0 radical (unpaired) electrons. The lowest BCUT2D eigenvalue weighted by Gasteiger charge is -2.30. The summed E-state index contributed by atoms with van der Waals surface area (Å²) < 4.78 is 2.12. The average Bonchev–Trinajstić information content (AvgIpc) is 3.12. The van der Waals surface area contributed by atoms with E-state index < -0.39 is 0 Å². The third kappa shape index (κ3) is 3.68. The molecule has 1 aliphatic heterocycles. The molecule has 0 spiro atoms. The molecule has 2 aromatic heterocycles. The fraction of sp³-hybridized carbons (Fsp3) is 0.250. The molecule has 2 aromatic carbocycles. The summed E-state index contributed by atoms with van der Waals surface area (Å²) in [6, 6.07) is 14.2. The number of hydrogen-bond donors (Lipinski definition) is 2. The molecule has 0 unspecified atom stereocenters. The third-order valence-corrected chi connectivity index (χ3v) is 6.00. The van der Waals surface area contributed by atoms with Gasteiger partial charge in [-0.15, -0.1) is 12.4 Å². The van der Waals surface area contributed by atoms with Crippen molar-refractivity contribution in [3.8, 4) is 22.6 Å². The zero-order valence-electron chi connectivity index (χ0n) is 17.6. The van der Waals surface area contributed by atoms with Crippen molar-refractivity contribution < 1.29 is 0 Å². The number of benzene rings is 2. The second-order valence-corrected chi connectivity index (χ2v) is 7.95. The van der Waals surface area contributed by atoms with Crippen molar-refractivity contribution in [3.05, 3.63) is 54.9 Å². The molecule has 4 N–H and O–H groups in total. The van der Waals surface area contributed by atoms with Crippen LogP contribution in [0.4, 0.5) is 17.1 Å². The van der Waals surface area contributed by atoms with Crippen LogP contribution in [-0.4, -0.2) is 27.6 Å². The zero-order valence-corrected chi connectivity index (χ0v) is 18.4. The highest BCUT2D eigenvalue weighted by molar-refractivity contribution is 5.96. The van der Waals surface area contributed by atoms with E-state index in [9.17, 15) is 0 Å². The van der Waals surface area contributed by atoms with Gasteiger partial charge in [0.2, 0.25) is 0 Å². The highest BCUT2D eigenvalue weighted by atomic mass is 35.5. The number of aromatic nitrogens is 3. The van der Waals surface area contributed by atoms with Crippen molar-refractivity contribution in [1.29, 1.82) is 0 Å². The summed E-state index contributed by atoms with van der Waals surface area (Å²) >= 11 is 0. The highest BCUT2D eigenvalue weighted by Crippen LogP contribution is 2.39. The predicted octanol–water partition coefficient (Wildman–Crippen LogP) is 4.88. The van der Waals surface area contributed by atoms with E-state index in [1.165, 1.54) is 24.8 Å². The molecular formula is C24H27ClN6. The molecule has 6 nitrogen and oxygen atoms in total. The van der Waals surface area contributed by atoms with Gasteiger partial charge in [0.05, 0.1) is 22.6 Å². The molecule has 1 fully saturated rings. The summed E-state index contributed by atoms with van der Waals surface area (Å²) in [5.41, 5.74) is 19.1. The van der Waals surface area contributed by atoms with Crippen molar-refractivity contribution in [1.82, 2.24) is 14.5 Å². The van der Waals surface area contributed by atoms with E-state index in [0.29, 0.717) is 17.2 Å². The minimum absolute atomic E-state index is 0. The second kappa shape index (κ2) is 8.47. The first-order valence-corrected chi connectivity index (χ1v) is 10.4. The highest BCUT2D eigenvalue weighted by Gasteiger charge is 2.20. The summed E-state index contributed by atoms with van der Waals surface area (Å²) in [6.45, 7) is 2.04. The molecule has 0 aliphatic carbocycles. The van der Waals surface area contributed by atoms with Gasteiger partial charge in [0, 0.05) is 54.7 Å². The van der Waals surface area contributed by atoms with Crippen LogP contribution in [0.15, 0.2) is 54.9 Å². The topological polar surface area (TPSA) is 86.0 Å². The fourth-order valence-corrected chi connectivity index (χ4v) is 4.46. The van der Waals surface area contributed by atoms with Crippen molar-refractivity contribution in [2.75, 3.05) is 29.5 Å². The maximum absolute atomic E-state index is 6.62. The van der Waals surface area contributed by atoms with Crippen LogP contribution < -0.4 is 16.4 Å². The first kappa shape index (κ1) is 21.0. The van der Waals surface area contributed by atoms with E-state index in [4.69, 9.17) is 16.5 Å². The largest absolute Gasteiger partial charge is 0.398 e. The Morgan fingerprint density at radius 1 is 0.935 bits per heavy atom. The summed E-state index contributed by atoms with van der Waals surface area (Å²) in [5, 5.41) is 1.16. The summed E-state index contributed by atoms with van der Waals surface area (Å²) in [5.74, 6) is 0.564. The second-order valence-electron chi connectivity index (χ2n) is 7.95. The number of rotatable bonds is 3. The number of halogens is 1. The van der Waals surface area contributed by atoms with Gasteiger partial charge in [0.15, 0.2) is 5.82 Å². The van der Waals surface area contributed by atoms with Crippen molar-refractivity contribution in [2.24, 2.45) is 7.05 Å². The monoisotopic (exact) mass is 434 g/mol. The summed E-state index contributed by atoms with van der Waals surface area (Å²) in [4.78, 5) is 11.8. The smallest absolute Gasteiger partial charge is 0.164 e. The molecular weight excluding hydrogens is 408 g/mol. The van der Waals surface area contributed by atoms with Gasteiger partial charge in [-0.1, -0.05) is 18.2 Å². The van der Waals surface area contributed by atoms with Gasteiger partial charge in [-0.3, -0.25) is 0 Å². The van der Waals surface area contributed by atoms with Crippen LogP contribution in [0.1, 0.15) is 19.3 Å². The molecule has 1 saturated heterocycles. The quantitative estimate of drug-likeness (QED) is 0.449. The van der Waals surface area contributed by atoms with E-state index in [-0.39, 0.29) is 12.4 Å². The standard InChI is InChI=1S/C24H26N6.ClH/c1-29-15-17(16-7-3-4-8-20(16)29)19-11-12-27-24(28-19)22-18(25)9-10-21(23(22)26)30-13-5-2-6-14-30;/h3-4,7-12,15H,2,5-6,13-14,25-26H2,1H3;1H. The van der Waals surface area contributed by atoms with Gasteiger partial charge < -0.3 is 20.9 Å². The average molecular weight is 435 g/mol. The number of piperidine rings is 1. The summed E-state index contributed by atoms with van der Waals surface area (Å²) in [6.07, 6.45) is 7.53. The number of nitrogens with zero attached hydrogens (tertiary/aromatic N) is 4. The molecule has 0 atom stereocenters. The van der Waals surface area contributed by atoms with Gasteiger partial charge in [0.25, 0.3) is 0 Å². The summed E-state index contributed by atoms with van der Waals surface area (Å²) in [7, 11) is 2.05. The maximum atomic E-state index is 6.62. The maximum Gasteiger partial charge on any atom is 0.164 e. The minimum atomic E-state index is 0. The number of nitrogen functional groups attached to an aromatic ring is 2. The van der Waals surface area contributed by atoms with E-state index >= 15 is 0 Å². The minimum Gasteiger partial charge on any atom is -0.398 e. The molecule has 0 amide bonds. The van der Waals surface area contributed by atoms with Gasteiger partial charge in [-0.05, 0) is 43.5 Å². The molecule has 4 aromatic rings. The predicted molar refractivity (Wildman–Crippen MR) is 132 cm³/mol. The lowest BCUT2D eigenvalue weighted by atomic mass is 10.0. The Bertz CT molecular complexity index is 1230. The van der Waals surface area contributed by atoms with Crippen LogP contribution in [0.2, 0.25) is 0 Å². The Morgan fingerprint density at radius 3 is 2.52 bits per heavy atom. The Morgan fingerprint density at radius 2 is 1.71 bits per heavy atom. The number of aryl methyl sites for hydroxylation is 1. The zero-order chi connectivity index (χ0) is 20.7. The van der Waals surface area contributed by atoms with E-state index in [0.717, 1.165) is 41.0 Å². The van der Waals surface area contributed by atoms with Crippen molar-refractivity contribution in [3.63, 3.8) is 0 Å². The molecule has 0 bridgehead atoms. The van der Waals surface area contributed by atoms with Gasteiger partial charge in [-0.2, -0.15) is 0 Å². The first-order valence-electron chi connectivity index (χ1n) is 10.4. The van der Waals surface area contributed by atoms with E-state index in [1.54, 1.807) is 6.20 Å². The number of nitrogens with two attached hydrogens (primary N) is 2. The number of hydrogen-bond acceptors (Lipinski definition) is 5. The Hall–Kier alpha value is -3.25. The SMILES string of the molecule is Cl.Cn1cc(-c2ccnc(-c3c(N)ccc(N4CCCCC4)c3N)n2)c2ccccc21. The molecule has 7 heteroatoms. The van der Waals surface area contributed by atoms with Crippen LogP contribution in [0, 0.1) is 0 Å². The van der Waals surface area contributed by atoms with Gasteiger partial charge in [0.1, 0.15) is 0 Å². The molecule has 5 rings (SSSR count). The normalized spacial score (nSPS) is 13.9. The van der Waals surface area contributed by atoms with Crippen LogP contribution in [0.3, 0.4) is 0 Å². The fourth-order valence-electron chi connectivity index (χ4n) is 4.46. The van der Waals surface area contributed by atoms with E-state index in [2.05, 4.69) is 32.8 Å². The third-order valence-electron chi connectivity index (χ3n) is 6.00.